The molecule has 106 valence electrons. The number of anilines is 1. The summed E-state index contributed by atoms with van der Waals surface area (Å²) in [6.45, 7) is 3.06. The second-order valence-electron chi connectivity index (χ2n) is 5.82. The van der Waals surface area contributed by atoms with Crippen molar-refractivity contribution in [2.45, 2.75) is 31.7 Å². The van der Waals surface area contributed by atoms with Crippen LogP contribution in [0.15, 0.2) is 18.2 Å². The lowest BCUT2D eigenvalue weighted by atomic mass is 9.89. The van der Waals surface area contributed by atoms with Gasteiger partial charge in [-0.15, -0.1) is 0 Å². The van der Waals surface area contributed by atoms with Crippen molar-refractivity contribution in [3.8, 4) is 6.07 Å². The molecule has 2 aliphatic heterocycles. The van der Waals surface area contributed by atoms with Crippen LogP contribution in [0.1, 0.15) is 31.2 Å². The molecule has 2 saturated heterocycles. The molecular weight excluding hydrogens is 253 g/mol. The van der Waals surface area contributed by atoms with Gasteiger partial charge in [0, 0.05) is 19.1 Å². The maximum absolute atomic E-state index is 13.2. The molecule has 3 nitrogen and oxygen atoms in total. The van der Waals surface area contributed by atoms with E-state index in [0.29, 0.717) is 17.5 Å². The van der Waals surface area contributed by atoms with Gasteiger partial charge in [0.15, 0.2) is 0 Å². The Morgan fingerprint density at radius 1 is 1.30 bits per heavy atom. The van der Waals surface area contributed by atoms with Gasteiger partial charge in [0.1, 0.15) is 11.9 Å². The average molecular weight is 273 g/mol. The fraction of sp³-hybridized carbons (Fsp3) is 0.562. The third-order valence-corrected chi connectivity index (χ3v) is 4.55. The van der Waals surface area contributed by atoms with Gasteiger partial charge in [0.2, 0.25) is 0 Å². The fourth-order valence-corrected chi connectivity index (χ4v) is 3.54. The van der Waals surface area contributed by atoms with Crippen LogP contribution in [0.2, 0.25) is 0 Å². The highest BCUT2D eigenvalue weighted by molar-refractivity contribution is 5.59. The number of piperidine rings is 1. The Morgan fingerprint density at radius 3 is 2.95 bits per heavy atom. The maximum atomic E-state index is 13.2. The normalized spacial score (nSPS) is 26.5. The molecule has 20 heavy (non-hydrogen) atoms. The molecule has 2 fully saturated rings. The van der Waals surface area contributed by atoms with Gasteiger partial charge in [0.05, 0.1) is 11.3 Å². The monoisotopic (exact) mass is 273 g/mol. The molecule has 2 aliphatic rings. The minimum atomic E-state index is -0.337. The number of rotatable bonds is 2. The van der Waals surface area contributed by atoms with Gasteiger partial charge >= 0.3 is 0 Å². The molecule has 2 unspecified atom stereocenters. The van der Waals surface area contributed by atoms with Gasteiger partial charge in [-0.3, -0.25) is 0 Å². The first-order valence-corrected chi connectivity index (χ1v) is 7.46. The van der Waals surface area contributed by atoms with E-state index in [1.54, 1.807) is 6.07 Å². The zero-order chi connectivity index (χ0) is 13.9. The van der Waals surface area contributed by atoms with Crippen molar-refractivity contribution in [3.05, 3.63) is 29.6 Å². The number of benzene rings is 1. The number of halogens is 1. The number of nitriles is 1. The van der Waals surface area contributed by atoms with Crippen LogP contribution >= 0.6 is 0 Å². The molecular formula is C16H20FN3. The second-order valence-corrected chi connectivity index (χ2v) is 5.82. The van der Waals surface area contributed by atoms with E-state index in [9.17, 15) is 9.65 Å². The molecule has 2 heterocycles. The fourth-order valence-electron chi connectivity index (χ4n) is 3.54. The van der Waals surface area contributed by atoms with E-state index >= 15 is 0 Å². The SMILES string of the molecule is N#Cc1cc(F)ccc1N1CCCC(C2CCCN2)C1. The summed E-state index contributed by atoms with van der Waals surface area (Å²) < 4.78 is 13.2. The third-order valence-electron chi connectivity index (χ3n) is 4.55. The van der Waals surface area contributed by atoms with Gasteiger partial charge in [-0.25, -0.2) is 4.39 Å². The third kappa shape index (κ3) is 2.64. The summed E-state index contributed by atoms with van der Waals surface area (Å²) in [5, 5.41) is 12.8. The second kappa shape index (κ2) is 5.80. The summed E-state index contributed by atoms with van der Waals surface area (Å²) in [7, 11) is 0. The van der Waals surface area contributed by atoms with Crippen LogP contribution < -0.4 is 10.2 Å². The minimum absolute atomic E-state index is 0.337. The number of hydrogen-bond donors (Lipinski definition) is 1. The Bertz CT molecular complexity index is 517. The summed E-state index contributed by atoms with van der Waals surface area (Å²) in [5.41, 5.74) is 1.33. The Labute approximate surface area is 119 Å². The van der Waals surface area contributed by atoms with E-state index in [0.717, 1.165) is 31.7 Å². The molecule has 0 spiro atoms. The van der Waals surface area contributed by atoms with E-state index in [4.69, 9.17) is 0 Å². The molecule has 0 radical (unpaired) electrons. The van der Waals surface area contributed by atoms with Crippen LogP contribution in [0, 0.1) is 23.1 Å². The molecule has 1 aromatic rings. The van der Waals surface area contributed by atoms with E-state index in [2.05, 4.69) is 16.3 Å². The highest BCUT2D eigenvalue weighted by atomic mass is 19.1. The predicted molar refractivity (Wildman–Crippen MR) is 77.1 cm³/mol. The van der Waals surface area contributed by atoms with Crippen LogP contribution in [0.25, 0.3) is 0 Å². The molecule has 0 bridgehead atoms. The summed E-state index contributed by atoms with van der Waals surface area (Å²) in [5.74, 6) is 0.305. The van der Waals surface area contributed by atoms with Gasteiger partial charge < -0.3 is 10.2 Å². The first-order valence-electron chi connectivity index (χ1n) is 7.46. The average Bonchev–Trinajstić information content (AvgIpc) is 3.01. The van der Waals surface area contributed by atoms with Gasteiger partial charge in [-0.05, 0) is 56.3 Å². The summed E-state index contributed by atoms with van der Waals surface area (Å²) in [4.78, 5) is 2.26. The lowest BCUT2D eigenvalue weighted by Gasteiger charge is -2.37. The first-order chi connectivity index (χ1) is 9.78. The minimum Gasteiger partial charge on any atom is -0.370 e. The largest absolute Gasteiger partial charge is 0.370 e. The van der Waals surface area contributed by atoms with Crippen molar-refractivity contribution in [2.75, 3.05) is 24.5 Å². The van der Waals surface area contributed by atoms with Crippen LogP contribution in [0.3, 0.4) is 0 Å². The summed E-state index contributed by atoms with van der Waals surface area (Å²) in [6.07, 6.45) is 4.91. The molecule has 3 rings (SSSR count). The molecule has 0 saturated carbocycles. The molecule has 0 amide bonds. The maximum Gasteiger partial charge on any atom is 0.124 e. The summed E-state index contributed by atoms with van der Waals surface area (Å²) >= 11 is 0. The van der Waals surface area contributed by atoms with E-state index in [1.165, 1.54) is 31.4 Å². The van der Waals surface area contributed by atoms with Crippen LogP contribution in [0.4, 0.5) is 10.1 Å². The van der Waals surface area contributed by atoms with E-state index in [-0.39, 0.29) is 5.82 Å². The molecule has 4 heteroatoms. The summed E-state index contributed by atoms with van der Waals surface area (Å²) in [6, 6.07) is 7.28. The van der Waals surface area contributed by atoms with Crippen molar-refractivity contribution in [3.63, 3.8) is 0 Å². The first kappa shape index (κ1) is 13.4. The zero-order valence-electron chi connectivity index (χ0n) is 11.6. The van der Waals surface area contributed by atoms with Crippen LogP contribution in [-0.2, 0) is 0 Å². The van der Waals surface area contributed by atoms with Crippen molar-refractivity contribution in [1.82, 2.24) is 5.32 Å². The topological polar surface area (TPSA) is 39.1 Å². The molecule has 0 aromatic heterocycles. The predicted octanol–water partition coefficient (Wildman–Crippen LogP) is 2.67. The lowest BCUT2D eigenvalue weighted by molar-refractivity contribution is 0.329. The van der Waals surface area contributed by atoms with Crippen LogP contribution in [0.5, 0.6) is 0 Å². The Hall–Kier alpha value is -1.60. The van der Waals surface area contributed by atoms with Gasteiger partial charge in [0.25, 0.3) is 0 Å². The zero-order valence-corrected chi connectivity index (χ0v) is 11.6. The Balaban J connectivity index is 1.78. The standard InChI is InChI=1S/C16H20FN3/c17-14-5-6-16(13(9-14)10-18)20-8-2-3-12(11-20)15-4-1-7-19-15/h5-6,9,12,15,19H,1-4,7-8,11H2. The molecule has 0 aliphatic carbocycles. The highest BCUT2D eigenvalue weighted by Gasteiger charge is 2.29. The van der Waals surface area contributed by atoms with Gasteiger partial charge in [-0.1, -0.05) is 0 Å². The van der Waals surface area contributed by atoms with Crippen molar-refractivity contribution in [1.29, 1.82) is 5.26 Å². The number of hydrogen-bond acceptors (Lipinski definition) is 3. The lowest BCUT2D eigenvalue weighted by Crippen LogP contribution is -2.43. The number of nitrogens with one attached hydrogen (secondary N) is 1. The van der Waals surface area contributed by atoms with E-state index < -0.39 is 0 Å². The smallest absolute Gasteiger partial charge is 0.124 e. The van der Waals surface area contributed by atoms with Crippen molar-refractivity contribution in [2.24, 2.45) is 5.92 Å². The Kier molecular flexibility index (Phi) is 3.88. The molecule has 1 N–H and O–H groups in total. The highest BCUT2D eigenvalue weighted by Crippen LogP contribution is 2.30. The van der Waals surface area contributed by atoms with Crippen LogP contribution in [-0.4, -0.2) is 25.7 Å². The molecule has 1 aromatic carbocycles. The number of nitrogens with zero attached hydrogens (tertiary/aromatic N) is 2. The van der Waals surface area contributed by atoms with Gasteiger partial charge in [-0.2, -0.15) is 5.26 Å². The Morgan fingerprint density at radius 2 is 2.20 bits per heavy atom. The van der Waals surface area contributed by atoms with Crippen molar-refractivity contribution < 1.29 is 4.39 Å². The van der Waals surface area contributed by atoms with Crippen molar-refractivity contribution >= 4 is 5.69 Å². The quantitative estimate of drug-likeness (QED) is 0.900. The van der Waals surface area contributed by atoms with E-state index in [1.807, 2.05) is 0 Å². The molecule has 2 atom stereocenters.